The van der Waals surface area contributed by atoms with Crippen LogP contribution in [0.2, 0.25) is 0 Å². The van der Waals surface area contributed by atoms with Crippen LogP contribution in [0, 0.1) is 12.7 Å². The van der Waals surface area contributed by atoms with Gasteiger partial charge in [-0.1, -0.05) is 34.1 Å². The summed E-state index contributed by atoms with van der Waals surface area (Å²) in [6, 6.07) is 9.56. The van der Waals surface area contributed by atoms with E-state index in [1.54, 1.807) is 18.2 Å². The average molecular weight is 348 g/mol. The maximum atomic E-state index is 13.1. The van der Waals surface area contributed by atoms with Crippen LogP contribution < -0.4 is 4.90 Å². The molecule has 2 aromatic rings. The van der Waals surface area contributed by atoms with Gasteiger partial charge in [-0.2, -0.15) is 0 Å². The lowest BCUT2D eigenvalue weighted by atomic mass is 10.1. The quantitative estimate of drug-likeness (QED) is 0.778. The summed E-state index contributed by atoms with van der Waals surface area (Å²) in [5.74, 6) is -1.39. The number of ketones is 1. The molecule has 0 fully saturated rings. The van der Waals surface area contributed by atoms with E-state index in [9.17, 15) is 14.0 Å². The van der Waals surface area contributed by atoms with E-state index < -0.39 is 11.7 Å². The van der Waals surface area contributed by atoms with Crippen molar-refractivity contribution < 1.29 is 14.0 Å². The zero-order valence-corrected chi connectivity index (χ0v) is 12.8. The molecule has 0 saturated carbocycles. The standard InChI is InChI=1S/C16H11BrFNO2/c1-9-3-2-4-12-14(9)19(16(21)15(12)20)8-10-5-6-11(18)7-13(10)17/h2-7H,8H2,1H3. The van der Waals surface area contributed by atoms with Gasteiger partial charge in [-0.05, 0) is 36.2 Å². The number of carbonyl (C=O) groups is 2. The SMILES string of the molecule is Cc1cccc2c1N(Cc1ccc(F)cc1Br)C(=O)C2=O. The molecule has 0 aromatic heterocycles. The van der Waals surface area contributed by atoms with E-state index in [-0.39, 0.29) is 12.4 Å². The van der Waals surface area contributed by atoms with Crippen molar-refractivity contribution in [3.05, 3.63) is 63.4 Å². The minimum atomic E-state index is -0.546. The Kier molecular flexibility index (Phi) is 3.37. The van der Waals surface area contributed by atoms with Gasteiger partial charge in [0.05, 0.1) is 17.8 Å². The Labute approximate surface area is 129 Å². The molecule has 0 bridgehead atoms. The lowest BCUT2D eigenvalue weighted by Gasteiger charge is -2.19. The summed E-state index contributed by atoms with van der Waals surface area (Å²) in [5, 5.41) is 0. The van der Waals surface area contributed by atoms with Gasteiger partial charge in [0.1, 0.15) is 5.82 Å². The van der Waals surface area contributed by atoms with Crippen molar-refractivity contribution in [1.82, 2.24) is 0 Å². The van der Waals surface area contributed by atoms with Gasteiger partial charge in [0.25, 0.3) is 11.7 Å². The Morgan fingerprint density at radius 2 is 1.95 bits per heavy atom. The molecule has 0 unspecified atom stereocenters. The van der Waals surface area contributed by atoms with E-state index >= 15 is 0 Å². The number of fused-ring (bicyclic) bond motifs is 1. The molecule has 3 nitrogen and oxygen atoms in total. The molecule has 0 spiro atoms. The maximum absolute atomic E-state index is 13.1. The first-order chi connectivity index (χ1) is 9.99. The van der Waals surface area contributed by atoms with E-state index in [0.29, 0.717) is 15.7 Å². The first-order valence-electron chi connectivity index (χ1n) is 6.39. The largest absolute Gasteiger partial charge is 0.300 e. The monoisotopic (exact) mass is 347 g/mol. The van der Waals surface area contributed by atoms with Crippen LogP contribution >= 0.6 is 15.9 Å². The number of rotatable bonds is 2. The summed E-state index contributed by atoms with van der Waals surface area (Å²) < 4.78 is 13.7. The number of aryl methyl sites for hydroxylation is 1. The summed E-state index contributed by atoms with van der Waals surface area (Å²) in [4.78, 5) is 25.7. The molecular formula is C16H11BrFNO2. The Morgan fingerprint density at radius 1 is 1.19 bits per heavy atom. The molecule has 5 heteroatoms. The number of para-hydroxylation sites is 1. The highest BCUT2D eigenvalue weighted by molar-refractivity contribution is 9.10. The van der Waals surface area contributed by atoms with Gasteiger partial charge in [-0.25, -0.2) is 4.39 Å². The lowest BCUT2D eigenvalue weighted by Crippen LogP contribution is -2.29. The molecule has 0 atom stereocenters. The predicted molar refractivity (Wildman–Crippen MR) is 80.8 cm³/mol. The average Bonchev–Trinajstić information content (AvgIpc) is 2.68. The van der Waals surface area contributed by atoms with Crippen molar-refractivity contribution in [2.75, 3.05) is 4.90 Å². The van der Waals surface area contributed by atoms with Crippen molar-refractivity contribution in [3.63, 3.8) is 0 Å². The van der Waals surface area contributed by atoms with Crippen LogP contribution in [0.4, 0.5) is 10.1 Å². The fourth-order valence-corrected chi connectivity index (χ4v) is 2.99. The van der Waals surface area contributed by atoms with Gasteiger partial charge in [0.15, 0.2) is 0 Å². The molecule has 0 radical (unpaired) electrons. The van der Waals surface area contributed by atoms with Crippen molar-refractivity contribution in [2.24, 2.45) is 0 Å². The smallest absolute Gasteiger partial charge is 0.299 e. The number of nitrogens with zero attached hydrogens (tertiary/aromatic N) is 1. The lowest BCUT2D eigenvalue weighted by molar-refractivity contribution is -0.114. The third kappa shape index (κ3) is 2.27. The third-order valence-corrected chi connectivity index (χ3v) is 4.27. The van der Waals surface area contributed by atoms with Gasteiger partial charge in [-0.15, -0.1) is 0 Å². The number of hydrogen-bond donors (Lipinski definition) is 0. The van der Waals surface area contributed by atoms with E-state index in [0.717, 1.165) is 11.1 Å². The molecule has 3 rings (SSSR count). The second-order valence-electron chi connectivity index (χ2n) is 4.93. The van der Waals surface area contributed by atoms with E-state index in [1.165, 1.54) is 17.0 Å². The number of amides is 1. The molecule has 106 valence electrons. The maximum Gasteiger partial charge on any atom is 0.299 e. The Morgan fingerprint density at radius 3 is 2.67 bits per heavy atom. The Hall–Kier alpha value is -2.01. The molecule has 1 aliphatic heterocycles. The van der Waals surface area contributed by atoms with Crippen LogP contribution in [0.3, 0.4) is 0 Å². The van der Waals surface area contributed by atoms with Crippen LogP contribution in [0.15, 0.2) is 40.9 Å². The molecule has 0 N–H and O–H groups in total. The molecule has 1 amide bonds. The van der Waals surface area contributed by atoms with Crippen molar-refractivity contribution >= 4 is 33.3 Å². The van der Waals surface area contributed by atoms with Crippen LogP contribution in [-0.2, 0) is 11.3 Å². The Balaban J connectivity index is 2.04. The zero-order valence-electron chi connectivity index (χ0n) is 11.2. The van der Waals surface area contributed by atoms with Crippen molar-refractivity contribution in [3.8, 4) is 0 Å². The first-order valence-corrected chi connectivity index (χ1v) is 7.18. The highest BCUT2D eigenvalue weighted by Gasteiger charge is 2.36. The molecule has 0 aliphatic carbocycles. The van der Waals surface area contributed by atoms with Crippen LogP contribution in [-0.4, -0.2) is 11.7 Å². The fraction of sp³-hybridized carbons (Fsp3) is 0.125. The van der Waals surface area contributed by atoms with Gasteiger partial charge >= 0.3 is 0 Å². The number of benzene rings is 2. The van der Waals surface area contributed by atoms with E-state index in [1.807, 2.05) is 13.0 Å². The normalized spacial score (nSPS) is 13.8. The highest BCUT2D eigenvalue weighted by atomic mass is 79.9. The van der Waals surface area contributed by atoms with Crippen molar-refractivity contribution in [2.45, 2.75) is 13.5 Å². The molecule has 1 heterocycles. The molecule has 2 aromatic carbocycles. The molecule has 21 heavy (non-hydrogen) atoms. The fourth-order valence-electron chi connectivity index (χ4n) is 2.51. The van der Waals surface area contributed by atoms with Crippen LogP contribution in [0.1, 0.15) is 21.5 Å². The van der Waals surface area contributed by atoms with Crippen LogP contribution in [0.25, 0.3) is 0 Å². The Bertz CT molecular complexity index is 773. The first kappa shape index (κ1) is 13.9. The van der Waals surface area contributed by atoms with Gasteiger partial charge in [0, 0.05) is 4.47 Å². The molecule has 1 aliphatic rings. The van der Waals surface area contributed by atoms with E-state index in [2.05, 4.69) is 15.9 Å². The second kappa shape index (κ2) is 5.07. The number of carbonyl (C=O) groups excluding carboxylic acids is 2. The minimum absolute atomic E-state index is 0.225. The van der Waals surface area contributed by atoms with Crippen molar-refractivity contribution in [1.29, 1.82) is 0 Å². The minimum Gasteiger partial charge on any atom is -0.300 e. The second-order valence-corrected chi connectivity index (χ2v) is 5.78. The number of halogens is 2. The van der Waals surface area contributed by atoms with Gasteiger partial charge in [-0.3, -0.25) is 9.59 Å². The van der Waals surface area contributed by atoms with Crippen LogP contribution in [0.5, 0.6) is 0 Å². The third-order valence-electron chi connectivity index (χ3n) is 3.54. The molecule has 0 saturated heterocycles. The predicted octanol–water partition coefficient (Wildman–Crippen LogP) is 3.63. The topological polar surface area (TPSA) is 37.4 Å². The summed E-state index contributed by atoms with van der Waals surface area (Å²) in [7, 11) is 0. The molecular weight excluding hydrogens is 337 g/mol. The highest BCUT2D eigenvalue weighted by Crippen LogP contribution is 2.34. The van der Waals surface area contributed by atoms with Gasteiger partial charge in [0.2, 0.25) is 0 Å². The number of Topliss-reactive ketones (excluding diaryl/α,β-unsaturated/α-hetero) is 1. The zero-order chi connectivity index (χ0) is 15.1. The number of anilines is 1. The van der Waals surface area contributed by atoms with E-state index in [4.69, 9.17) is 0 Å². The summed E-state index contributed by atoms with van der Waals surface area (Å²) in [5.41, 5.74) is 2.68. The summed E-state index contributed by atoms with van der Waals surface area (Å²) in [6.07, 6.45) is 0. The number of hydrogen-bond acceptors (Lipinski definition) is 2. The summed E-state index contributed by atoms with van der Waals surface area (Å²) in [6.45, 7) is 2.08. The summed E-state index contributed by atoms with van der Waals surface area (Å²) >= 11 is 3.29. The van der Waals surface area contributed by atoms with Gasteiger partial charge < -0.3 is 4.90 Å².